The van der Waals surface area contributed by atoms with Crippen molar-refractivity contribution in [3.8, 4) is 0 Å². The Labute approximate surface area is 126 Å². The first-order valence-electron chi connectivity index (χ1n) is 7.51. The molecule has 1 atom stereocenters. The number of benzene rings is 2. The summed E-state index contributed by atoms with van der Waals surface area (Å²) in [6, 6.07) is 14.9. The van der Waals surface area contributed by atoms with Gasteiger partial charge in [0.15, 0.2) is 0 Å². The van der Waals surface area contributed by atoms with Crippen molar-refractivity contribution < 1.29 is 4.74 Å². The summed E-state index contributed by atoms with van der Waals surface area (Å²) in [5, 5.41) is 0. The topological polar surface area (TPSA) is 35.2 Å². The molecule has 1 unspecified atom stereocenters. The highest BCUT2D eigenvalue weighted by Crippen LogP contribution is 2.32. The van der Waals surface area contributed by atoms with E-state index in [1.54, 1.807) is 0 Å². The maximum Gasteiger partial charge on any atom is 0.0725 e. The van der Waals surface area contributed by atoms with Gasteiger partial charge in [-0.3, -0.25) is 0 Å². The van der Waals surface area contributed by atoms with E-state index in [0.717, 1.165) is 12.2 Å². The van der Waals surface area contributed by atoms with E-state index < -0.39 is 0 Å². The van der Waals surface area contributed by atoms with Crippen LogP contribution in [-0.2, 0) is 23.4 Å². The van der Waals surface area contributed by atoms with Gasteiger partial charge < -0.3 is 10.5 Å². The van der Waals surface area contributed by atoms with Crippen LogP contribution in [0.4, 0.5) is 0 Å². The van der Waals surface area contributed by atoms with Gasteiger partial charge in [-0.1, -0.05) is 63.2 Å². The SMILES string of the molecule is CC(C)(C)c1ccccc1C(N)c1ccc2c(c1)COC2. The summed E-state index contributed by atoms with van der Waals surface area (Å²) in [7, 11) is 0. The first-order valence-corrected chi connectivity index (χ1v) is 7.51. The first-order chi connectivity index (χ1) is 9.97. The largest absolute Gasteiger partial charge is 0.372 e. The van der Waals surface area contributed by atoms with Gasteiger partial charge in [-0.15, -0.1) is 0 Å². The average Bonchev–Trinajstić information content (AvgIpc) is 2.93. The molecule has 0 spiro atoms. The third-order valence-electron chi connectivity index (χ3n) is 4.21. The molecule has 2 N–H and O–H groups in total. The van der Waals surface area contributed by atoms with Gasteiger partial charge in [0.25, 0.3) is 0 Å². The predicted molar refractivity (Wildman–Crippen MR) is 86.1 cm³/mol. The number of fused-ring (bicyclic) bond motifs is 1. The minimum Gasteiger partial charge on any atom is -0.372 e. The molecule has 0 aliphatic carbocycles. The van der Waals surface area contributed by atoms with Crippen LogP contribution in [0.5, 0.6) is 0 Å². The van der Waals surface area contributed by atoms with E-state index in [4.69, 9.17) is 10.5 Å². The van der Waals surface area contributed by atoms with Crippen LogP contribution in [0.1, 0.15) is 54.6 Å². The highest BCUT2D eigenvalue weighted by atomic mass is 16.5. The van der Waals surface area contributed by atoms with Crippen molar-refractivity contribution in [3.63, 3.8) is 0 Å². The molecule has 2 nitrogen and oxygen atoms in total. The van der Waals surface area contributed by atoms with E-state index >= 15 is 0 Å². The van der Waals surface area contributed by atoms with Gasteiger partial charge in [-0.25, -0.2) is 0 Å². The molecule has 0 fully saturated rings. The number of hydrogen-bond donors (Lipinski definition) is 1. The Balaban J connectivity index is 2.01. The van der Waals surface area contributed by atoms with Crippen LogP contribution in [0.3, 0.4) is 0 Å². The molecule has 2 aromatic rings. The molecule has 0 bridgehead atoms. The van der Waals surface area contributed by atoms with Gasteiger partial charge in [-0.05, 0) is 33.2 Å². The number of ether oxygens (including phenoxy) is 1. The summed E-state index contributed by atoms with van der Waals surface area (Å²) in [4.78, 5) is 0. The lowest BCUT2D eigenvalue weighted by Gasteiger charge is -2.26. The van der Waals surface area contributed by atoms with Gasteiger partial charge in [0.2, 0.25) is 0 Å². The van der Waals surface area contributed by atoms with Gasteiger partial charge in [0.05, 0.1) is 19.3 Å². The molecule has 1 aliphatic heterocycles. The summed E-state index contributed by atoms with van der Waals surface area (Å²) >= 11 is 0. The Bertz CT molecular complexity index is 655. The third kappa shape index (κ3) is 2.74. The van der Waals surface area contributed by atoms with Crippen LogP contribution in [0, 0.1) is 0 Å². The highest BCUT2D eigenvalue weighted by Gasteiger charge is 2.22. The molecule has 0 amide bonds. The second kappa shape index (κ2) is 5.28. The van der Waals surface area contributed by atoms with Crippen molar-refractivity contribution in [2.75, 3.05) is 0 Å². The molecule has 1 heterocycles. The molecule has 21 heavy (non-hydrogen) atoms. The summed E-state index contributed by atoms with van der Waals surface area (Å²) in [6.45, 7) is 8.12. The van der Waals surface area contributed by atoms with Gasteiger partial charge >= 0.3 is 0 Å². The van der Waals surface area contributed by atoms with E-state index in [1.807, 2.05) is 0 Å². The van der Waals surface area contributed by atoms with Crippen LogP contribution < -0.4 is 5.73 Å². The van der Waals surface area contributed by atoms with Crippen molar-refractivity contribution in [2.24, 2.45) is 5.73 Å². The zero-order valence-electron chi connectivity index (χ0n) is 13.0. The second-order valence-corrected chi connectivity index (χ2v) is 6.84. The quantitative estimate of drug-likeness (QED) is 0.901. The van der Waals surface area contributed by atoms with Crippen molar-refractivity contribution in [2.45, 2.75) is 45.4 Å². The molecule has 110 valence electrons. The van der Waals surface area contributed by atoms with Gasteiger partial charge in [0, 0.05) is 0 Å². The van der Waals surface area contributed by atoms with E-state index in [-0.39, 0.29) is 11.5 Å². The fraction of sp³-hybridized carbons (Fsp3) is 0.368. The maximum absolute atomic E-state index is 6.57. The summed E-state index contributed by atoms with van der Waals surface area (Å²) in [6.07, 6.45) is 0. The lowest BCUT2D eigenvalue weighted by Crippen LogP contribution is -2.20. The Morgan fingerprint density at radius 3 is 2.48 bits per heavy atom. The summed E-state index contributed by atoms with van der Waals surface area (Å²) in [5.41, 5.74) is 12.9. The van der Waals surface area contributed by atoms with E-state index in [0.29, 0.717) is 6.61 Å². The molecule has 0 saturated heterocycles. The zero-order chi connectivity index (χ0) is 15.0. The Kier molecular flexibility index (Phi) is 3.60. The van der Waals surface area contributed by atoms with Crippen LogP contribution >= 0.6 is 0 Å². The summed E-state index contributed by atoms with van der Waals surface area (Å²) < 4.78 is 5.49. The first kappa shape index (κ1) is 14.3. The molecule has 0 aromatic heterocycles. The van der Waals surface area contributed by atoms with E-state index in [9.17, 15) is 0 Å². The standard InChI is InChI=1S/C19H23NO/c1-19(2,3)17-7-5-4-6-16(17)18(20)13-8-9-14-11-21-12-15(14)10-13/h4-10,18H,11-12,20H2,1-3H3. The fourth-order valence-corrected chi connectivity index (χ4v) is 3.02. The molecule has 0 saturated carbocycles. The monoisotopic (exact) mass is 281 g/mol. The van der Waals surface area contributed by atoms with E-state index in [2.05, 4.69) is 63.2 Å². The van der Waals surface area contributed by atoms with Crippen molar-refractivity contribution in [3.05, 3.63) is 70.3 Å². The molecule has 3 rings (SSSR count). The lowest BCUT2D eigenvalue weighted by atomic mass is 9.80. The van der Waals surface area contributed by atoms with Crippen LogP contribution in [0.2, 0.25) is 0 Å². The van der Waals surface area contributed by atoms with Crippen molar-refractivity contribution in [1.29, 1.82) is 0 Å². The second-order valence-electron chi connectivity index (χ2n) is 6.84. The number of nitrogens with two attached hydrogens (primary N) is 1. The number of hydrogen-bond acceptors (Lipinski definition) is 2. The summed E-state index contributed by atoms with van der Waals surface area (Å²) in [5.74, 6) is 0. The van der Waals surface area contributed by atoms with Gasteiger partial charge in [0.1, 0.15) is 0 Å². The van der Waals surface area contributed by atoms with Crippen LogP contribution in [0.15, 0.2) is 42.5 Å². The zero-order valence-corrected chi connectivity index (χ0v) is 13.0. The minimum atomic E-state index is -0.0914. The molecule has 0 radical (unpaired) electrons. The lowest BCUT2D eigenvalue weighted by molar-refractivity contribution is 0.134. The third-order valence-corrected chi connectivity index (χ3v) is 4.21. The van der Waals surface area contributed by atoms with Crippen molar-refractivity contribution >= 4 is 0 Å². The Morgan fingerprint density at radius 2 is 1.71 bits per heavy atom. The molecular formula is C19H23NO. The molecule has 2 aromatic carbocycles. The molecule has 1 aliphatic rings. The van der Waals surface area contributed by atoms with E-state index in [1.165, 1.54) is 22.3 Å². The average molecular weight is 281 g/mol. The number of rotatable bonds is 2. The molecule has 2 heteroatoms. The molecular weight excluding hydrogens is 258 g/mol. The van der Waals surface area contributed by atoms with Crippen molar-refractivity contribution in [1.82, 2.24) is 0 Å². The predicted octanol–water partition coefficient (Wildman–Crippen LogP) is 4.06. The normalized spacial score (nSPS) is 15.8. The smallest absolute Gasteiger partial charge is 0.0725 e. The Hall–Kier alpha value is -1.64. The minimum absolute atomic E-state index is 0.0913. The van der Waals surface area contributed by atoms with Crippen LogP contribution in [-0.4, -0.2) is 0 Å². The maximum atomic E-state index is 6.57. The highest BCUT2D eigenvalue weighted by molar-refractivity contribution is 5.43. The van der Waals surface area contributed by atoms with Gasteiger partial charge in [-0.2, -0.15) is 0 Å². The Morgan fingerprint density at radius 1 is 1.00 bits per heavy atom. The fourth-order valence-electron chi connectivity index (χ4n) is 3.02. The van der Waals surface area contributed by atoms with Crippen LogP contribution in [0.25, 0.3) is 0 Å².